The van der Waals surface area contributed by atoms with Crippen LogP contribution < -0.4 is 10.1 Å². The molecule has 0 aliphatic rings. The summed E-state index contributed by atoms with van der Waals surface area (Å²) in [5.41, 5.74) is 0.237. The van der Waals surface area contributed by atoms with Crippen molar-refractivity contribution in [1.29, 1.82) is 0 Å². The number of hydrogen-bond acceptors (Lipinski definition) is 3. The Morgan fingerprint density at radius 1 is 1.29 bits per heavy atom. The number of nitrogens with one attached hydrogen (secondary N) is 1. The molecule has 0 bridgehead atoms. The third-order valence-corrected chi connectivity index (χ3v) is 3.97. The van der Waals surface area contributed by atoms with Crippen LogP contribution in [0.3, 0.4) is 0 Å². The third kappa shape index (κ3) is 5.00. The van der Waals surface area contributed by atoms with Gasteiger partial charge in [-0.25, -0.2) is 0 Å². The molecule has 1 rings (SSSR count). The molecule has 96 valence electrons. The summed E-state index contributed by atoms with van der Waals surface area (Å²) < 4.78 is 5.32. The molecule has 0 radical (unpaired) electrons. The number of hydrogen-bond donors (Lipinski definition) is 1. The van der Waals surface area contributed by atoms with Crippen molar-refractivity contribution in [1.82, 2.24) is 5.32 Å². The van der Waals surface area contributed by atoms with Gasteiger partial charge in [-0.2, -0.15) is 0 Å². The van der Waals surface area contributed by atoms with E-state index in [0.717, 1.165) is 24.5 Å². The Bertz CT molecular complexity index is 339. The number of thioether (sulfide) groups is 1. The van der Waals surface area contributed by atoms with Crippen molar-refractivity contribution >= 4 is 11.8 Å². The standard InChI is InChI=1S/C14H23NOS/c1-5-14(2,3)15-10-11-17-13-9-7-6-8-12(13)16-4/h6-9,15H,5,10-11H2,1-4H3. The summed E-state index contributed by atoms with van der Waals surface area (Å²) in [6, 6.07) is 8.16. The maximum absolute atomic E-state index is 5.32. The Hall–Kier alpha value is -0.670. The first-order chi connectivity index (χ1) is 8.09. The van der Waals surface area contributed by atoms with E-state index in [9.17, 15) is 0 Å². The van der Waals surface area contributed by atoms with Gasteiger partial charge in [0.2, 0.25) is 0 Å². The van der Waals surface area contributed by atoms with Crippen LogP contribution in [0.5, 0.6) is 5.75 Å². The molecule has 1 aromatic rings. The van der Waals surface area contributed by atoms with E-state index in [4.69, 9.17) is 4.74 Å². The van der Waals surface area contributed by atoms with Crippen LogP contribution in [0.15, 0.2) is 29.2 Å². The lowest BCUT2D eigenvalue weighted by atomic mass is 10.0. The van der Waals surface area contributed by atoms with Crippen LogP contribution in [-0.4, -0.2) is 24.9 Å². The van der Waals surface area contributed by atoms with Crippen molar-refractivity contribution in [3.8, 4) is 5.75 Å². The van der Waals surface area contributed by atoms with Gasteiger partial charge in [-0.05, 0) is 32.4 Å². The van der Waals surface area contributed by atoms with E-state index in [0.29, 0.717) is 0 Å². The lowest BCUT2D eigenvalue weighted by Gasteiger charge is -2.24. The zero-order valence-corrected chi connectivity index (χ0v) is 12.1. The van der Waals surface area contributed by atoms with E-state index in [1.807, 2.05) is 30.0 Å². The van der Waals surface area contributed by atoms with Crippen LogP contribution in [0, 0.1) is 0 Å². The summed E-state index contributed by atoms with van der Waals surface area (Å²) in [6.45, 7) is 7.70. The van der Waals surface area contributed by atoms with Gasteiger partial charge in [-0.1, -0.05) is 19.1 Å². The number of ether oxygens (including phenoxy) is 1. The molecule has 1 aromatic carbocycles. The monoisotopic (exact) mass is 253 g/mol. The van der Waals surface area contributed by atoms with Gasteiger partial charge in [-0.15, -0.1) is 11.8 Å². The second-order valence-electron chi connectivity index (χ2n) is 4.66. The van der Waals surface area contributed by atoms with Gasteiger partial charge in [0, 0.05) is 22.7 Å². The molecule has 0 atom stereocenters. The van der Waals surface area contributed by atoms with Crippen LogP contribution in [0.1, 0.15) is 27.2 Å². The molecule has 0 saturated carbocycles. The number of methoxy groups -OCH3 is 1. The smallest absolute Gasteiger partial charge is 0.132 e. The van der Waals surface area contributed by atoms with Gasteiger partial charge in [0.25, 0.3) is 0 Å². The summed E-state index contributed by atoms with van der Waals surface area (Å²) in [5, 5.41) is 3.55. The molecule has 3 heteroatoms. The van der Waals surface area contributed by atoms with Crippen molar-refractivity contribution in [3.05, 3.63) is 24.3 Å². The van der Waals surface area contributed by atoms with Gasteiger partial charge in [0.1, 0.15) is 5.75 Å². The van der Waals surface area contributed by atoms with E-state index in [-0.39, 0.29) is 5.54 Å². The molecule has 0 aliphatic carbocycles. The highest BCUT2D eigenvalue weighted by molar-refractivity contribution is 7.99. The second kappa shape index (κ2) is 6.92. The Morgan fingerprint density at radius 3 is 2.65 bits per heavy atom. The molecule has 0 unspecified atom stereocenters. The summed E-state index contributed by atoms with van der Waals surface area (Å²) in [7, 11) is 1.72. The van der Waals surface area contributed by atoms with Crippen molar-refractivity contribution in [2.45, 2.75) is 37.6 Å². The topological polar surface area (TPSA) is 21.3 Å². The van der Waals surface area contributed by atoms with Crippen molar-refractivity contribution in [3.63, 3.8) is 0 Å². The lowest BCUT2D eigenvalue weighted by Crippen LogP contribution is -2.39. The molecule has 0 saturated heterocycles. The van der Waals surface area contributed by atoms with E-state index in [1.54, 1.807) is 7.11 Å². The first-order valence-electron chi connectivity index (χ1n) is 6.10. The number of para-hydroxylation sites is 1. The average Bonchev–Trinajstić information content (AvgIpc) is 2.35. The fourth-order valence-electron chi connectivity index (χ4n) is 1.41. The van der Waals surface area contributed by atoms with Crippen molar-refractivity contribution in [2.75, 3.05) is 19.4 Å². The average molecular weight is 253 g/mol. The Morgan fingerprint density at radius 2 is 2.00 bits per heavy atom. The van der Waals surface area contributed by atoms with Gasteiger partial charge < -0.3 is 10.1 Å². The fourth-order valence-corrected chi connectivity index (χ4v) is 2.31. The molecule has 0 amide bonds. The first-order valence-corrected chi connectivity index (χ1v) is 7.08. The Balaban J connectivity index is 2.36. The fraction of sp³-hybridized carbons (Fsp3) is 0.571. The molecule has 1 N–H and O–H groups in total. The summed E-state index contributed by atoms with van der Waals surface area (Å²) in [4.78, 5) is 1.21. The zero-order valence-electron chi connectivity index (χ0n) is 11.2. The highest BCUT2D eigenvalue weighted by Gasteiger charge is 2.12. The van der Waals surface area contributed by atoms with Gasteiger partial charge >= 0.3 is 0 Å². The van der Waals surface area contributed by atoms with E-state index in [2.05, 4.69) is 32.2 Å². The van der Waals surface area contributed by atoms with Crippen LogP contribution in [-0.2, 0) is 0 Å². The molecule has 0 aromatic heterocycles. The molecular formula is C14H23NOS. The Labute approximate surface area is 109 Å². The quantitative estimate of drug-likeness (QED) is 0.593. The highest BCUT2D eigenvalue weighted by Crippen LogP contribution is 2.28. The molecule has 0 heterocycles. The van der Waals surface area contributed by atoms with Crippen LogP contribution in [0.2, 0.25) is 0 Å². The van der Waals surface area contributed by atoms with E-state index < -0.39 is 0 Å². The third-order valence-electron chi connectivity index (χ3n) is 2.92. The first kappa shape index (κ1) is 14.4. The number of benzene rings is 1. The predicted octanol–water partition coefficient (Wildman–Crippen LogP) is 3.57. The largest absolute Gasteiger partial charge is 0.496 e. The molecule has 2 nitrogen and oxygen atoms in total. The molecule has 0 fully saturated rings. The summed E-state index contributed by atoms with van der Waals surface area (Å²) >= 11 is 1.84. The van der Waals surface area contributed by atoms with Gasteiger partial charge in [0.15, 0.2) is 0 Å². The van der Waals surface area contributed by atoms with Crippen LogP contribution >= 0.6 is 11.8 Å². The lowest BCUT2D eigenvalue weighted by molar-refractivity contribution is 0.388. The maximum Gasteiger partial charge on any atom is 0.132 e. The van der Waals surface area contributed by atoms with Crippen molar-refractivity contribution in [2.24, 2.45) is 0 Å². The van der Waals surface area contributed by atoms with Crippen LogP contribution in [0.4, 0.5) is 0 Å². The molecule has 17 heavy (non-hydrogen) atoms. The maximum atomic E-state index is 5.32. The van der Waals surface area contributed by atoms with E-state index in [1.165, 1.54) is 4.90 Å². The molecule has 0 aliphatic heterocycles. The highest BCUT2D eigenvalue weighted by atomic mass is 32.2. The SMILES string of the molecule is CCC(C)(C)NCCSc1ccccc1OC. The molecule has 0 spiro atoms. The van der Waals surface area contributed by atoms with Crippen molar-refractivity contribution < 1.29 is 4.74 Å². The Kier molecular flexibility index (Phi) is 5.86. The van der Waals surface area contributed by atoms with Crippen LogP contribution in [0.25, 0.3) is 0 Å². The van der Waals surface area contributed by atoms with Gasteiger partial charge in [0.05, 0.1) is 7.11 Å². The van der Waals surface area contributed by atoms with E-state index >= 15 is 0 Å². The minimum atomic E-state index is 0.237. The normalized spacial score (nSPS) is 11.5. The van der Waals surface area contributed by atoms with Gasteiger partial charge in [-0.3, -0.25) is 0 Å². The predicted molar refractivity (Wildman–Crippen MR) is 76.1 cm³/mol. The summed E-state index contributed by atoms with van der Waals surface area (Å²) in [6.07, 6.45) is 1.15. The minimum absolute atomic E-state index is 0.237. The number of rotatable bonds is 7. The zero-order chi connectivity index (χ0) is 12.7. The summed E-state index contributed by atoms with van der Waals surface area (Å²) in [5.74, 6) is 2.02. The second-order valence-corrected chi connectivity index (χ2v) is 5.80. The molecular weight excluding hydrogens is 230 g/mol. The minimum Gasteiger partial charge on any atom is -0.496 e.